The summed E-state index contributed by atoms with van der Waals surface area (Å²) < 4.78 is 5.65. The molecule has 0 unspecified atom stereocenters. The lowest BCUT2D eigenvalue weighted by molar-refractivity contribution is -0.132. The van der Waals surface area contributed by atoms with Crippen LogP contribution >= 0.6 is 0 Å². The van der Waals surface area contributed by atoms with E-state index in [0.717, 1.165) is 5.57 Å². The number of hydrogen-bond acceptors (Lipinski definition) is 3. The molecule has 1 aromatic rings. The SMILES string of the molecule is C=C(C)CN1C(=O)C(C)(C)Oc2cc(C(=O)O)ccc21. The zero-order chi connectivity index (χ0) is 15.1. The fraction of sp³-hybridized carbons (Fsp3) is 0.333. The van der Waals surface area contributed by atoms with Crippen molar-refractivity contribution in [3.8, 4) is 5.75 Å². The Balaban J connectivity index is 2.54. The molecule has 1 amide bonds. The van der Waals surface area contributed by atoms with Gasteiger partial charge in [-0.3, -0.25) is 4.79 Å². The van der Waals surface area contributed by atoms with Gasteiger partial charge in [0.1, 0.15) is 5.75 Å². The van der Waals surface area contributed by atoms with Gasteiger partial charge in [0.2, 0.25) is 0 Å². The molecule has 0 radical (unpaired) electrons. The van der Waals surface area contributed by atoms with Crippen LogP contribution in [0.25, 0.3) is 0 Å². The first-order chi connectivity index (χ1) is 9.22. The highest BCUT2D eigenvalue weighted by Gasteiger charge is 2.40. The second-order valence-electron chi connectivity index (χ2n) is 5.45. The summed E-state index contributed by atoms with van der Waals surface area (Å²) in [5.74, 6) is -0.801. The minimum absolute atomic E-state index is 0.129. The van der Waals surface area contributed by atoms with Crippen molar-refractivity contribution in [2.75, 3.05) is 11.4 Å². The Labute approximate surface area is 117 Å². The number of carboxylic acids is 1. The number of amides is 1. The highest BCUT2D eigenvalue weighted by molar-refractivity contribution is 6.03. The van der Waals surface area contributed by atoms with Gasteiger partial charge in [-0.05, 0) is 39.0 Å². The van der Waals surface area contributed by atoms with Gasteiger partial charge in [0, 0.05) is 6.54 Å². The van der Waals surface area contributed by atoms with E-state index in [9.17, 15) is 9.59 Å². The number of aromatic carboxylic acids is 1. The second-order valence-corrected chi connectivity index (χ2v) is 5.45. The standard InChI is InChI=1S/C15H17NO4/c1-9(2)8-16-11-6-5-10(13(17)18)7-12(11)20-15(3,4)14(16)19/h5-7H,1,8H2,2-4H3,(H,17,18). The summed E-state index contributed by atoms with van der Waals surface area (Å²) in [6.45, 7) is 9.36. The molecule has 0 saturated heterocycles. The van der Waals surface area contributed by atoms with E-state index >= 15 is 0 Å². The lowest BCUT2D eigenvalue weighted by atomic mass is 10.0. The van der Waals surface area contributed by atoms with Crippen LogP contribution in [0, 0.1) is 0 Å². The monoisotopic (exact) mass is 275 g/mol. The van der Waals surface area contributed by atoms with E-state index in [0.29, 0.717) is 18.0 Å². The zero-order valence-corrected chi connectivity index (χ0v) is 11.8. The second kappa shape index (κ2) is 4.67. The lowest BCUT2D eigenvalue weighted by Crippen LogP contribution is -2.52. The summed E-state index contributed by atoms with van der Waals surface area (Å²) in [4.78, 5) is 25.0. The molecule has 5 nitrogen and oxygen atoms in total. The molecular formula is C15H17NO4. The van der Waals surface area contributed by atoms with Crippen molar-refractivity contribution >= 4 is 17.6 Å². The Kier molecular flexibility index (Phi) is 3.29. The van der Waals surface area contributed by atoms with E-state index in [2.05, 4.69) is 6.58 Å². The number of fused-ring (bicyclic) bond motifs is 1. The topological polar surface area (TPSA) is 66.8 Å². The molecule has 5 heteroatoms. The van der Waals surface area contributed by atoms with Gasteiger partial charge in [-0.25, -0.2) is 4.79 Å². The van der Waals surface area contributed by atoms with Gasteiger partial charge >= 0.3 is 5.97 Å². The number of carbonyl (C=O) groups excluding carboxylic acids is 1. The zero-order valence-electron chi connectivity index (χ0n) is 11.8. The first-order valence-corrected chi connectivity index (χ1v) is 6.25. The summed E-state index contributed by atoms with van der Waals surface area (Å²) in [6.07, 6.45) is 0. The summed E-state index contributed by atoms with van der Waals surface area (Å²) in [5, 5.41) is 9.03. The Morgan fingerprint density at radius 2 is 2.10 bits per heavy atom. The van der Waals surface area contributed by atoms with Crippen LogP contribution in [0.3, 0.4) is 0 Å². The smallest absolute Gasteiger partial charge is 0.335 e. The molecule has 0 atom stereocenters. The molecule has 2 rings (SSSR count). The van der Waals surface area contributed by atoms with Gasteiger partial charge in [-0.15, -0.1) is 0 Å². The predicted molar refractivity (Wildman–Crippen MR) is 75.3 cm³/mol. The Hall–Kier alpha value is -2.30. The fourth-order valence-corrected chi connectivity index (χ4v) is 2.13. The Morgan fingerprint density at radius 1 is 1.45 bits per heavy atom. The molecule has 1 aliphatic rings. The molecule has 0 spiro atoms. The molecule has 1 aliphatic heterocycles. The molecule has 0 aliphatic carbocycles. The van der Waals surface area contributed by atoms with Crippen molar-refractivity contribution in [3.63, 3.8) is 0 Å². The molecule has 0 saturated carbocycles. The number of anilines is 1. The average Bonchev–Trinajstić information content (AvgIpc) is 2.33. The number of hydrogen-bond donors (Lipinski definition) is 1. The summed E-state index contributed by atoms with van der Waals surface area (Å²) in [5.41, 5.74) is 0.510. The Bertz CT molecular complexity index is 604. The van der Waals surface area contributed by atoms with E-state index in [-0.39, 0.29) is 11.5 Å². The summed E-state index contributed by atoms with van der Waals surface area (Å²) in [6, 6.07) is 4.49. The third kappa shape index (κ3) is 2.39. The molecule has 0 bridgehead atoms. The van der Waals surface area contributed by atoms with Gasteiger partial charge in [-0.2, -0.15) is 0 Å². The molecule has 0 fully saturated rings. The molecule has 1 aromatic carbocycles. The molecule has 106 valence electrons. The minimum atomic E-state index is -1.03. The van der Waals surface area contributed by atoms with Crippen LogP contribution in [0.2, 0.25) is 0 Å². The fourth-order valence-electron chi connectivity index (χ4n) is 2.13. The largest absolute Gasteiger partial charge is 0.478 e. The van der Waals surface area contributed by atoms with Gasteiger partial charge < -0.3 is 14.7 Å². The maximum absolute atomic E-state index is 12.4. The number of ether oxygens (including phenoxy) is 1. The number of carbonyl (C=O) groups is 2. The van der Waals surface area contributed by atoms with Crippen molar-refractivity contribution in [1.29, 1.82) is 0 Å². The van der Waals surface area contributed by atoms with Crippen molar-refractivity contribution in [3.05, 3.63) is 35.9 Å². The van der Waals surface area contributed by atoms with E-state index in [4.69, 9.17) is 9.84 Å². The first kappa shape index (κ1) is 14.1. The highest BCUT2D eigenvalue weighted by Crippen LogP contribution is 2.38. The van der Waals surface area contributed by atoms with Gasteiger partial charge in [-0.1, -0.05) is 12.2 Å². The Morgan fingerprint density at radius 3 is 2.65 bits per heavy atom. The van der Waals surface area contributed by atoms with E-state index < -0.39 is 11.6 Å². The number of rotatable bonds is 3. The van der Waals surface area contributed by atoms with E-state index in [1.807, 2.05) is 6.92 Å². The summed E-state index contributed by atoms with van der Waals surface area (Å²) in [7, 11) is 0. The maximum Gasteiger partial charge on any atom is 0.335 e. The molecule has 1 N–H and O–H groups in total. The predicted octanol–water partition coefficient (Wildman–Crippen LogP) is 2.46. The normalized spacial score (nSPS) is 16.4. The van der Waals surface area contributed by atoms with Crippen LogP contribution in [0.1, 0.15) is 31.1 Å². The van der Waals surface area contributed by atoms with Crippen LogP contribution < -0.4 is 9.64 Å². The quantitative estimate of drug-likeness (QED) is 0.860. The van der Waals surface area contributed by atoms with Crippen LogP contribution in [-0.4, -0.2) is 29.1 Å². The van der Waals surface area contributed by atoms with Crippen molar-refractivity contribution in [1.82, 2.24) is 0 Å². The van der Waals surface area contributed by atoms with Crippen LogP contribution in [0.15, 0.2) is 30.4 Å². The van der Waals surface area contributed by atoms with Crippen molar-refractivity contribution < 1.29 is 19.4 Å². The van der Waals surface area contributed by atoms with Crippen LogP contribution in [-0.2, 0) is 4.79 Å². The molecule has 0 aromatic heterocycles. The van der Waals surface area contributed by atoms with Crippen LogP contribution in [0.5, 0.6) is 5.75 Å². The average molecular weight is 275 g/mol. The number of nitrogens with zero attached hydrogens (tertiary/aromatic N) is 1. The highest BCUT2D eigenvalue weighted by atomic mass is 16.5. The van der Waals surface area contributed by atoms with Gasteiger partial charge in [0.25, 0.3) is 5.91 Å². The van der Waals surface area contributed by atoms with E-state index in [1.54, 1.807) is 24.8 Å². The van der Waals surface area contributed by atoms with Crippen molar-refractivity contribution in [2.45, 2.75) is 26.4 Å². The number of carboxylic acid groups (broad SMARTS) is 1. The van der Waals surface area contributed by atoms with Crippen molar-refractivity contribution in [2.24, 2.45) is 0 Å². The molecular weight excluding hydrogens is 258 g/mol. The molecule has 20 heavy (non-hydrogen) atoms. The summed E-state index contributed by atoms with van der Waals surface area (Å²) >= 11 is 0. The lowest BCUT2D eigenvalue weighted by Gasteiger charge is -2.39. The first-order valence-electron chi connectivity index (χ1n) is 6.25. The van der Waals surface area contributed by atoms with Gasteiger partial charge in [0.05, 0.1) is 11.3 Å². The number of benzene rings is 1. The third-order valence-corrected chi connectivity index (χ3v) is 3.05. The minimum Gasteiger partial charge on any atom is -0.478 e. The molecule has 1 heterocycles. The van der Waals surface area contributed by atoms with Gasteiger partial charge in [0.15, 0.2) is 5.60 Å². The van der Waals surface area contributed by atoms with Crippen LogP contribution in [0.4, 0.5) is 5.69 Å². The van der Waals surface area contributed by atoms with E-state index in [1.165, 1.54) is 12.1 Å². The maximum atomic E-state index is 12.4. The third-order valence-electron chi connectivity index (χ3n) is 3.05.